The first-order valence-electron chi connectivity index (χ1n) is 7.70. The molecule has 0 aliphatic heterocycles. The number of benzene rings is 2. The van der Waals surface area contributed by atoms with Crippen LogP contribution < -0.4 is 0 Å². The van der Waals surface area contributed by atoms with Gasteiger partial charge in [0.2, 0.25) is 0 Å². The minimum Gasteiger partial charge on any atom is -0.340 e. The molecule has 1 aromatic heterocycles. The van der Waals surface area contributed by atoms with Gasteiger partial charge in [-0.25, -0.2) is 4.39 Å². The molecule has 0 N–H and O–H groups in total. The van der Waals surface area contributed by atoms with Crippen LogP contribution in [0.5, 0.6) is 0 Å². The summed E-state index contributed by atoms with van der Waals surface area (Å²) in [5.74, 6) is -0.191. The number of rotatable bonds is 6. The lowest BCUT2D eigenvalue weighted by Gasteiger charge is -2.11. The second-order valence-electron chi connectivity index (χ2n) is 5.50. The quantitative estimate of drug-likeness (QED) is 0.375. The number of hydrogen-bond donors (Lipinski definition) is 0. The van der Waals surface area contributed by atoms with Gasteiger partial charge in [-0.1, -0.05) is 40.5 Å². The minimum absolute atomic E-state index is 0.191. The van der Waals surface area contributed by atoms with Crippen molar-refractivity contribution in [3.63, 3.8) is 0 Å². The second kappa shape index (κ2) is 7.10. The molecule has 3 heteroatoms. The molecule has 2 aromatic carbocycles. The van der Waals surface area contributed by atoms with Crippen LogP contribution in [0.25, 0.3) is 22.2 Å². The number of unbranched alkanes of at least 4 members (excludes halogenated alkanes) is 2. The van der Waals surface area contributed by atoms with Crippen LogP contribution >= 0.6 is 15.9 Å². The van der Waals surface area contributed by atoms with Gasteiger partial charge in [0.25, 0.3) is 0 Å². The molecule has 0 fully saturated rings. The average molecular weight is 360 g/mol. The first-order chi connectivity index (χ1) is 10.8. The van der Waals surface area contributed by atoms with Crippen molar-refractivity contribution < 1.29 is 4.39 Å². The monoisotopic (exact) mass is 359 g/mol. The van der Waals surface area contributed by atoms with Crippen LogP contribution in [-0.4, -0.2) is 9.90 Å². The minimum atomic E-state index is -0.191. The Morgan fingerprint density at radius 3 is 2.45 bits per heavy atom. The fourth-order valence-corrected chi connectivity index (χ4v) is 3.25. The van der Waals surface area contributed by atoms with E-state index in [1.54, 1.807) is 0 Å². The highest BCUT2D eigenvalue weighted by Crippen LogP contribution is 2.29. The fraction of sp³-hybridized carbons (Fsp3) is 0.263. The molecular weight excluding hydrogens is 341 g/mol. The Bertz CT molecular complexity index is 746. The first kappa shape index (κ1) is 15.3. The van der Waals surface area contributed by atoms with Crippen LogP contribution in [0.1, 0.15) is 19.3 Å². The molecule has 0 unspecified atom stereocenters. The van der Waals surface area contributed by atoms with Crippen molar-refractivity contribution in [2.75, 3.05) is 5.33 Å². The fourth-order valence-electron chi connectivity index (χ4n) is 2.85. The summed E-state index contributed by atoms with van der Waals surface area (Å²) in [6, 6.07) is 17.4. The van der Waals surface area contributed by atoms with E-state index < -0.39 is 0 Å². The molecule has 0 bridgehead atoms. The Morgan fingerprint density at radius 2 is 1.68 bits per heavy atom. The zero-order valence-electron chi connectivity index (χ0n) is 12.4. The van der Waals surface area contributed by atoms with E-state index in [0.717, 1.165) is 23.9 Å². The summed E-state index contributed by atoms with van der Waals surface area (Å²) in [6.07, 6.45) is 3.56. The van der Waals surface area contributed by atoms with E-state index in [4.69, 9.17) is 0 Å². The molecular formula is C19H19BrFN. The number of alkyl halides is 1. The van der Waals surface area contributed by atoms with Gasteiger partial charge >= 0.3 is 0 Å². The molecule has 0 aliphatic rings. The summed E-state index contributed by atoms with van der Waals surface area (Å²) in [5, 5.41) is 2.30. The first-order valence-corrected chi connectivity index (χ1v) is 8.82. The zero-order chi connectivity index (χ0) is 15.4. The van der Waals surface area contributed by atoms with Crippen LogP contribution in [0, 0.1) is 5.82 Å². The Balaban J connectivity index is 1.98. The highest BCUT2D eigenvalue weighted by Gasteiger charge is 2.10. The Labute approximate surface area is 138 Å². The summed E-state index contributed by atoms with van der Waals surface area (Å²) in [5.41, 5.74) is 3.49. The molecule has 3 aromatic rings. The van der Waals surface area contributed by atoms with Gasteiger partial charge in [0.15, 0.2) is 0 Å². The van der Waals surface area contributed by atoms with E-state index >= 15 is 0 Å². The zero-order valence-corrected chi connectivity index (χ0v) is 14.0. The molecule has 0 atom stereocenters. The third-order valence-corrected chi connectivity index (χ3v) is 4.53. The van der Waals surface area contributed by atoms with Gasteiger partial charge in [0.05, 0.1) is 0 Å². The van der Waals surface area contributed by atoms with Crippen molar-refractivity contribution in [1.29, 1.82) is 0 Å². The van der Waals surface area contributed by atoms with Crippen LogP contribution in [-0.2, 0) is 6.54 Å². The molecule has 1 nitrogen and oxygen atoms in total. The van der Waals surface area contributed by atoms with Crippen molar-refractivity contribution in [3.05, 3.63) is 60.4 Å². The third kappa shape index (κ3) is 3.25. The molecule has 22 heavy (non-hydrogen) atoms. The van der Waals surface area contributed by atoms with E-state index in [9.17, 15) is 4.39 Å². The summed E-state index contributed by atoms with van der Waals surface area (Å²) < 4.78 is 15.5. The maximum Gasteiger partial charge on any atom is 0.123 e. The molecule has 0 saturated heterocycles. The second-order valence-corrected chi connectivity index (χ2v) is 6.29. The normalized spacial score (nSPS) is 11.2. The van der Waals surface area contributed by atoms with E-state index in [-0.39, 0.29) is 5.82 Å². The van der Waals surface area contributed by atoms with E-state index in [1.807, 2.05) is 12.1 Å². The summed E-state index contributed by atoms with van der Waals surface area (Å²) >= 11 is 3.48. The van der Waals surface area contributed by atoms with Crippen molar-refractivity contribution in [2.45, 2.75) is 25.8 Å². The number of fused-ring (bicyclic) bond motifs is 1. The number of para-hydroxylation sites is 1. The van der Waals surface area contributed by atoms with Gasteiger partial charge in [-0.05, 0) is 54.8 Å². The van der Waals surface area contributed by atoms with Gasteiger partial charge in [0.1, 0.15) is 5.82 Å². The molecule has 0 spiro atoms. The standard InChI is InChI=1S/C19H19BrFN/c20-12-4-1-5-13-22-18-7-3-2-6-16(18)14-19(22)15-8-10-17(21)11-9-15/h2-3,6-11,14H,1,4-5,12-13H2. The molecule has 0 radical (unpaired) electrons. The van der Waals surface area contributed by atoms with Crippen molar-refractivity contribution >= 4 is 26.8 Å². The van der Waals surface area contributed by atoms with Crippen LogP contribution in [0.2, 0.25) is 0 Å². The van der Waals surface area contributed by atoms with Gasteiger partial charge in [0, 0.05) is 28.5 Å². The average Bonchev–Trinajstić information content (AvgIpc) is 2.91. The van der Waals surface area contributed by atoms with Crippen LogP contribution in [0.4, 0.5) is 4.39 Å². The topological polar surface area (TPSA) is 4.93 Å². The lowest BCUT2D eigenvalue weighted by molar-refractivity contribution is 0.621. The highest BCUT2D eigenvalue weighted by atomic mass is 79.9. The molecule has 114 valence electrons. The van der Waals surface area contributed by atoms with Crippen LogP contribution in [0.3, 0.4) is 0 Å². The number of aromatic nitrogens is 1. The number of aryl methyl sites for hydroxylation is 1. The number of halogens is 2. The Kier molecular flexibility index (Phi) is 4.94. The summed E-state index contributed by atoms with van der Waals surface area (Å²) in [7, 11) is 0. The SMILES string of the molecule is Fc1ccc(-c2cc3ccccc3n2CCCCCBr)cc1. The largest absolute Gasteiger partial charge is 0.340 e. The van der Waals surface area contributed by atoms with Crippen molar-refractivity contribution in [2.24, 2.45) is 0 Å². The molecule has 3 rings (SSSR count). The molecule has 0 aliphatic carbocycles. The highest BCUT2D eigenvalue weighted by molar-refractivity contribution is 9.09. The maximum atomic E-state index is 13.2. The Morgan fingerprint density at radius 1 is 0.909 bits per heavy atom. The molecule has 0 amide bonds. The van der Waals surface area contributed by atoms with Crippen molar-refractivity contribution in [3.8, 4) is 11.3 Å². The van der Waals surface area contributed by atoms with Gasteiger partial charge in [-0.15, -0.1) is 0 Å². The van der Waals surface area contributed by atoms with Gasteiger partial charge < -0.3 is 4.57 Å². The maximum absolute atomic E-state index is 13.2. The van der Waals surface area contributed by atoms with Gasteiger partial charge in [-0.2, -0.15) is 0 Å². The number of nitrogens with zero attached hydrogens (tertiary/aromatic N) is 1. The lowest BCUT2D eigenvalue weighted by Crippen LogP contribution is -2.00. The summed E-state index contributed by atoms with van der Waals surface area (Å²) in [4.78, 5) is 0. The van der Waals surface area contributed by atoms with E-state index in [0.29, 0.717) is 0 Å². The predicted octanol–water partition coefficient (Wildman–Crippen LogP) is 6.01. The van der Waals surface area contributed by atoms with Gasteiger partial charge in [-0.3, -0.25) is 0 Å². The Hall–Kier alpha value is -1.61. The third-order valence-electron chi connectivity index (χ3n) is 3.97. The van der Waals surface area contributed by atoms with E-state index in [1.165, 1.54) is 41.6 Å². The molecule has 1 heterocycles. The van der Waals surface area contributed by atoms with Crippen LogP contribution in [0.15, 0.2) is 54.6 Å². The number of hydrogen-bond acceptors (Lipinski definition) is 0. The predicted molar refractivity (Wildman–Crippen MR) is 95.0 cm³/mol. The summed E-state index contributed by atoms with van der Waals surface area (Å²) in [6.45, 7) is 0.993. The smallest absolute Gasteiger partial charge is 0.123 e. The lowest BCUT2D eigenvalue weighted by atomic mass is 10.1. The molecule has 0 saturated carbocycles. The van der Waals surface area contributed by atoms with Crippen molar-refractivity contribution in [1.82, 2.24) is 4.57 Å². The van der Waals surface area contributed by atoms with E-state index in [2.05, 4.69) is 50.8 Å².